The van der Waals surface area contributed by atoms with Crippen molar-refractivity contribution >= 4 is 17.6 Å². The third-order valence-electron chi connectivity index (χ3n) is 7.59. The molecule has 0 aliphatic carbocycles. The first kappa shape index (κ1) is 29.2. The topological polar surface area (TPSA) is 139 Å². The number of hydrogen-bond acceptors (Lipinski definition) is 9. The van der Waals surface area contributed by atoms with Crippen LogP contribution in [0.3, 0.4) is 0 Å². The van der Waals surface area contributed by atoms with Gasteiger partial charge in [0.1, 0.15) is 24.0 Å². The quantitative estimate of drug-likeness (QED) is 0.181. The van der Waals surface area contributed by atoms with Gasteiger partial charge in [0.2, 0.25) is 0 Å². The van der Waals surface area contributed by atoms with E-state index in [1.165, 1.54) is 11.9 Å². The predicted molar refractivity (Wildman–Crippen MR) is 161 cm³/mol. The number of aromatic nitrogens is 7. The van der Waals surface area contributed by atoms with Crippen LogP contribution in [-0.2, 0) is 24.2 Å². The van der Waals surface area contributed by atoms with Crippen molar-refractivity contribution < 1.29 is 9.90 Å². The van der Waals surface area contributed by atoms with Crippen LogP contribution in [0.4, 0.5) is 11.6 Å². The highest BCUT2D eigenvalue weighted by atomic mass is 16.4. The summed E-state index contributed by atoms with van der Waals surface area (Å²) in [5.74, 6) is 1.14. The zero-order valence-corrected chi connectivity index (χ0v) is 24.4. The van der Waals surface area contributed by atoms with Gasteiger partial charge in [0.15, 0.2) is 5.82 Å². The lowest BCUT2D eigenvalue weighted by atomic mass is 10.1. The number of hydrogen-bond donors (Lipinski definition) is 3. The SMILES string of the molecule is Cc1cc(C)n(CCN(CCCCc2ccc3c(n2)NCCC3)CCC(Nc2cc(-n3cccn3)ncn2)C(=O)O)n1. The maximum atomic E-state index is 12.2. The van der Waals surface area contributed by atoms with Gasteiger partial charge in [-0.25, -0.2) is 24.4 Å². The number of carbonyl (C=O) groups is 1. The summed E-state index contributed by atoms with van der Waals surface area (Å²) < 4.78 is 3.64. The third kappa shape index (κ3) is 7.90. The minimum Gasteiger partial charge on any atom is -0.480 e. The molecule has 0 bridgehead atoms. The molecule has 42 heavy (non-hydrogen) atoms. The van der Waals surface area contributed by atoms with E-state index in [1.807, 2.05) is 11.6 Å². The summed E-state index contributed by atoms with van der Waals surface area (Å²) in [4.78, 5) is 27.9. The van der Waals surface area contributed by atoms with Crippen molar-refractivity contribution in [3.05, 3.63) is 71.7 Å². The zero-order chi connectivity index (χ0) is 29.3. The van der Waals surface area contributed by atoms with Crippen molar-refractivity contribution in [2.24, 2.45) is 0 Å². The van der Waals surface area contributed by atoms with Gasteiger partial charge in [-0.3, -0.25) is 4.68 Å². The average molecular weight is 573 g/mol. The summed E-state index contributed by atoms with van der Waals surface area (Å²) >= 11 is 0. The number of nitrogens with zero attached hydrogens (tertiary/aromatic N) is 8. The van der Waals surface area contributed by atoms with Crippen LogP contribution in [0, 0.1) is 13.8 Å². The second-order valence-corrected chi connectivity index (χ2v) is 10.8. The van der Waals surface area contributed by atoms with Crippen molar-refractivity contribution in [3.63, 3.8) is 0 Å². The van der Waals surface area contributed by atoms with Crippen LogP contribution in [0.1, 0.15) is 48.3 Å². The first-order valence-electron chi connectivity index (χ1n) is 14.7. The van der Waals surface area contributed by atoms with Crippen molar-refractivity contribution in [3.8, 4) is 5.82 Å². The number of carboxylic acids is 1. The maximum Gasteiger partial charge on any atom is 0.326 e. The number of fused-ring (bicyclic) bond motifs is 1. The fraction of sp³-hybridized carbons (Fsp3) is 0.467. The lowest BCUT2D eigenvalue weighted by Crippen LogP contribution is -2.37. The number of rotatable bonds is 15. The Bertz CT molecular complexity index is 1450. The van der Waals surface area contributed by atoms with Crippen LogP contribution in [-0.4, -0.2) is 82.7 Å². The third-order valence-corrected chi connectivity index (χ3v) is 7.59. The Labute approximate surface area is 246 Å². The van der Waals surface area contributed by atoms with E-state index in [4.69, 9.17) is 4.98 Å². The van der Waals surface area contributed by atoms with Crippen LogP contribution in [0.25, 0.3) is 5.82 Å². The van der Waals surface area contributed by atoms with Gasteiger partial charge < -0.3 is 20.6 Å². The molecule has 5 rings (SSSR count). The van der Waals surface area contributed by atoms with E-state index < -0.39 is 12.0 Å². The molecule has 0 radical (unpaired) electrons. The fourth-order valence-electron chi connectivity index (χ4n) is 5.33. The molecule has 3 N–H and O–H groups in total. The first-order valence-corrected chi connectivity index (χ1v) is 14.7. The Morgan fingerprint density at radius 3 is 2.86 bits per heavy atom. The number of nitrogens with one attached hydrogen (secondary N) is 2. The summed E-state index contributed by atoms with van der Waals surface area (Å²) in [7, 11) is 0. The molecule has 0 fully saturated rings. The highest BCUT2D eigenvalue weighted by Gasteiger charge is 2.20. The van der Waals surface area contributed by atoms with Gasteiger partial charge in [0.05, 0.1) is 12.2 Å². The van der Waals surface area contributed by atoms with Gasteiger partial charge in [-0.05, 0) is 82.7 Å². The molecule has 1 unspecified atom stereocenters. The van der Waals surface area contributed by atoms with E-state index in [0.29, 0.717) is 24.6 Å². The van der Waals surface area contributed by atoms with Gasteiger partial charge in [-0.2, -0.15) is 10.2 Å². The van der Waals surface area contributed by atoms with E-state index in [9.17, 15) is 9.90 Å². The Kier molecular flexibility index (Phi) is 9.75. The summed E-state index contributed by atoms with van der Waals surface area (Å²) in [5, 5.41) is 25.3. The summed E-state index contributed by atoms with van der Waals surface area (Å²) in [6.07, 6.45) is 10.5. The number of anilines is 2. The van der Waals surface area contributed by atoms with Gasteiger partial charge in [0, 0.05) is 49.5 Å². The molecular formula is C30H40N10O2. The Balaban J connectivity index is 1.18. The molecule has 4 aromatic rings. The van der Waals surface area contributed by atoms with Crippen molar-refractivity contribution in [2.45, 2.75) is 65.0 Å². The molecule has 1 aliphatic rings. The molecule has 12 heteroatoms. The monoisotopic (exact) mass is 572 g/mol. The number of aliphatic carboxylic acids is 1. The number of unbranched alkanes of at least 4 members (excludes halogenated alkanes) is 1. The number of pyridine rings is 1. The lowest BCUT2D eigenvalue weighted by molar-refractivity contribution is -0.138. The van der Waals surface area contributed by atoms with Crippen LogP contribution >= 0.6 is 0 Å². The van der Waals surface area contributed by atoms with Crippen molar-refractivity contribution in [1.82, 2.24) is 39.4 Å². The molecule has 4 aromatic heterocycles. The Hall–Kier alpha value is -4.32. The van der Waals surface area contributed by atoms with Gasteiger partial charge in [-0.1, -0.05) is 6.07 Å². The number of aryl methyl sites for hydroxylation is 4. The Morgan fingerprint density at radius 1 is 1.17 bits per heavy atom. The maximum absolute atomic E-state index is 12.2. The normalized spacial score (nSPS) is 13.5. The molecule has 1 atom stereocenters. The summed E-state index contributed by atoms with van der Waals surface area (Å²) in [5.41, 5.74) is 4.55. The predicted octanol–water partition coefficient (Wildman–Crippen LogP) is 3.51. The smallest absolute Gasteiger partial charge is 0.326 e. The first-order chi connectivity index (χ1) is 20.4. The van der Waals surface area contributed by atoms with E-state index in [0.717, 1.165) is 81.2 Å². The van der Waals surface area contributed by atoms with Crippen LogP contribution < -0.4 is 10.6 Å². The minimum absolute atomic E-state index is 0.422. The molecular weight excluding hydrogens is 532 g/mol. The number of carboxylic acid groups (broad SMARTS) is 1. The van der Waals surface area contributed by atoms with Crippen LogP contribution in [0.15, 0.2) is 49.1 Å². The summed E-state index contributed by atoms with van der Waals surface area (Å²) in [6.45, 7) is 8.08. The minimum atomic E-state index is -0.917. The molecule has 0 aromatic carbocycles. The molecule has 0 amide bonds. The molecule has 0 saturated heterocycles. The van der Waals surface area contributed by atoms with Gasteiger partial charge >= 0.3 is 5.97 Å². The van der Waals surface area contributed by atoms with E-state index in [2.05, 4.69) is 60.8 Å². The molecule has 5 heterocycles. The fourth-order valence-corrected chi connectivity index (χ4v) is 5.33. The molecule has 0 spiro atoms. The largest absolute Gasteiger partial charge is 0.480 e. The molecule has 1 aliphatic heterocycles. The highest BCUT2D eigenvalue weighted by Crippen LogP contribution is 2.20. The van der Waals surface area contributed by atoms with Crippen molar-refractivity contribution in [1.29, 1.82) is 0 Å². The van der Waals surface area contributed by atoms with E-state index >= 15 is 0 Å². The van der Waals surface area contributed by atoms with Crippen LogP contribution in [0.2, 0.25) is 0 Å². The van der Waals surface area contributed by atoms with Gasteiger partial charge in [0.25, 0.3) is 0 Å². The standard InChI is InChI=1S/C30H40N10O2/c1-22-19-23(2)39(37-22)18-17-38(14-4-3-8-25-10-9-24-7-5-12-31-29(24)35-25)16-11-26(30(41)42)36-27-20-28(33-21-32-27)40-15-6-13-34-40/h6,9-10,13,15,19-21,26H,3-5,7-8,11-12,14,16-18H2,1-2H3,(H,31,35)(H,41,42)(H,32,33,36). The Morgan fingerprint density at radius 2 is 2.07 bits per heavy atom. The van der Waals surface area contributed by atoms with Crippen molar-refractivity contribution in [2.75, 3.05) is 36.8 Å². The highest BCUT2D eigenvalue weighted by molar-refractivity contribution is 5.76. The molecule has 12 nitrogen and oxygen atoms in total. The van der Waals surface area contributed by atoms with Crippen LogP contribution in [0.5, 0.6) is 0 Å². The van der Waals surface area contributed by atoms with E-state index in [-0.39, 0.29) is 0 Å². The second-order valence-electron chi connectivity index (χ2n) is 10.8. The summed E-state index contributed by atoms with van der Waals surface area (Å²) in [6, 6.07) is 9.15. The second kappa shape index (κ2) is 14.0. The average Bonchev–Trinajstić information content (AvgIpc) is 3.65. The van der Waals surface area contributed by atoms with E-state index in [1.54, 1.807) is 29.2 Å². The zero-order valence-electron chi connectivity index (χ0n) is 24.4. The lowest BCUT2D eigenvalue weighted by Gasteiger charge is -2.25. The molecule has 0 saturated carbocycles. The molecule has 222 valence electrons. The van der Waals surface area contributed by atoms with Gasteiger partial charge in [-0.15, -0.1) is 0 Å².